The number of aromatic nitrogens is 4. The molecule has 4 rings (SSSR count). The topological polar surface area (TPSA) is 156 Å². The molecule has 4 aromatic rings. The van der Waals surface area contributed by atoms with E-state index >= 15 is 0 Å². The summed E-state index contributed by atoms with van der Waals surface area (Å²) >= 11 is 6.51. The van der Waals surface area contributed by atoms with Gasteiger partial charge in [0.05, 0.1) is 37.6 Å². The second-order valence-corrected chi connectivity index (χ2v) is 8.88. The molecule has 0 atom stereocenters. The maximum atomic E-state index is 14.6. The highest BCUT2D eigenvalue weighted by Gasteiger charge is 2.23. The van der Waals surface area contributed by atoms with Gasteiger partial charge in [-0.3, -0.25) is 14.6 Å². The van der Waals surface area contributed by atoms with Crippen LogP contribution in [0.2, 0.25) is 5.02 Å². The Balaban J connectivity index is 1.79. The Bertz CT molecular complexity index is 1750. The highest BCUT2D eigenvalue weighted by Crippen LogP contribution is 2.37. The van der Waals surface area contributed by atoms with Crippen LogP contribution in [0.15, 0.2) is 29.1 Å². The van der Waals surface area contributed by atoms with Gasteiger partial charge in [0.1, 0.15) is 31.1 Å². The minimum Gasteiger partial charge on any atom is -0.496 e. The minimum absolute atomic E-state index is 0.0202. The lowest BCUT2D eigenvalue weighted by atomic mass is 10.2. The fourth-order valence-electron chi connectivity index (χ4n) is 3.84. The first-order chi connectivity index (χ1) is 20.6. The Morgan fingerprint density at radius 1 is 1.05 bits per heavy atom. The van der Waals surface area contributed by atoms with Crippen LogP contribution in [0.1, 0.15) is 11.4 Å². The summed E-state index contributed by atoms with van der Waals surface area (Å²) in [5, 5.41) is 2.16. The molecule has 2 aromatic heterocycles. The first-order valence-electron chi connectivity index (χ1n) is 12.2. The first kappa shape index (κ1) is 31.0. The number of carbonyl (C=O) groups is 2. The number of imidazole rings is 1. The number of fused-ring (bicyclic) bond motifs is 1. The average Bonchev–Trinajstić information content (AvgIpc) is 3.34. The first-order valence-corrected chi connectivity index (χ1v) is 12.5. The number of rotatable bonds is 12. The minimum atomic E-state index is -1.23. The van der Waals surface area contributed by atoms with Gasteiger partial charge in [-0.15, -0.1) is 0 Å². The maximum Gasteiger partial charge on any atom is 0.332 e. The van der Waals surface area contributed by atoms with Crippen LogP contribution in [0.4, 0.5) is 13.2 Å². The number of nitrogens with zero attached hydrogens (tertiary/aromatic N) is 3. The third-order valence-corrected chi connectivity index (χ3v) is 6.18. The van der Waals surface area contributed by atoms with Gasteiger partial charge in [-0.05, 0) is 12.1 Å². The molecule has 0 saturated carbocycles. The van der Waals surface area contributed by atoms with E-state index in [0.717, 1.165) is 17.7 Å². The third-order valence-electron chi connectivity index (χ3n) is 5.88. The molecular formula is C26H23ClF3N5O8. The van der Waals surface area contributed by atoms with E-state index in [-0.39, 0.29) is 56.4 Å². The summed E-state index contributed by atoms with van der Waals surface area (Å²) in [4.78, 5) is 47.0. The quantitative estimate of drug-likeness (QED) is 0.225. The number of carbonyl (C=O) groups excluding carboxylic acids is 2. The highest BCUT2D eigenvalue weighted by atomic mass is 35.5. The zero-order chi connectivity index (χ0) is 31.3. The van der Waals surface area contributed by atoms with E-state index in [4.69, 9.17) is 30.5 Å². The van der Waals surface area contributed by atoms with Crippen LogP contribution in [0.3, 0.4) is 0 Å². The van der Waals surface area contributed by atoms with Gasteiger partial charge in [-0.1, -0.05) is 11.6 Å². The Kier molecular flexibility index (Phi) is 9.59. The largest absolute Gasteiger partial charge is 0.496 e. The standard InChI is InChI=1S/C26H23ClF3N5O8/c1-39-16-5-4-14(29)22(30)12(16)10-42-18-7-15(13(27)6-17(18)43-11-20(36)31-9-21(37)40-2)35-24-23(34-26(35)38)25(41-3)33-19(8-28)32-24/h4-7H,8-11H2,1-3H3,(H,31,36)(H,34,38). The molecular weight excluding hydrogens is 603 g/mol. The number of halogens is 4. The monoisotopic (exact) mass is 625 g/mol. The van der Waals surface area contributed by atoms with Crippen molar-refractivity contribution in [2.24, 2.45) is 0 Å². The number of aromatic amines is 1. The van der Waals surface area contributed by atoms with Crippen LogP contribution in [-0.2, 0) is 27.6 Å². The van der Waals surface area contributed by atoms with Crippen LogP contribution < -0.4 is 30.0 Å². The van der Waals surface area contributed by atoms with Gasteiger partial charge in [-0.25, -0.2) is 27.5 Å². The predicted octanol–water partition coefficient (Wildman–Crippen LogP) is 2.77. The highest BCUT2D eigenvalue weighted by molar-refractivity contribution is 6.32. The molecule has 0 aliphatic carbocycles. The molecule has 43 heavy (non-hydrogen) atoms. The van der Waals surface area contributed by atoms with Crippen LogP contribution in [0, 0.1) is 11.6 Å². The lowest BCUT2D eigenvalue weighted by molar-refractivity contribution is -0.141. The molecule has 0 unspecified atom stereocenters. The van der Waals surface area contributed by atoms with E-state index in [1.54, 1.807) is 0 Å². The van der Waals surface area contributed by atoms with Crippen molar-refractivity contribution in [3.05, 3.63) is 62.8 Å². The van der Waals surface area contributed by atoms with Crippen molar-refractivity contribution >= 4 is 34.6 Å². The number of hydrogen-bond acceptors (Lipinski definition) is 10. The fraction of sp³-hybridized carbons (Fsp3) is 0.269. The van der Waals surface area contributed by atoms with E-state index in [2.05, 4.69) is 25.0 Å². The summed E-state index contributed by atoms with van der Waals surface area (Å²) in [6, 6.07) is 4.49. The number of benzene rings is 2. The zero-order valence-corrected chi connectivity index (χ0v) is 23.5. The van der Waals surface area contributed by atoms with Gasteiger partial charge >= 0.3 is 11.7 Å². The number of hydrogen-bond donors (Lipinski definition) is 2. The maximum absolute atomic E-state index is 14.6. The summed E-state index contributed by atoms with van der Waals surface area (Å²) in [6.07, 6.45) is 0. The molecule has 0 aliphatic heterocycles. The molecule has 0 spiro atoms. The summed E-state index contributed by atoms with van der Waals surface area (Å²) in [5.41, 5.74) is -1.15. The molecule has 0 radical (unpaired) electrons. The molecule has 13 nitrogen and oxygen atoms in total. The van der Waals surface area contributed by atoms with Crippen LogP contribution in [-0.4, -0.2) is 65.9 Å². The van der Waals surface area contributed by atoms with Gasteiger partial charge in [0, 0.05) is 12.1 Å². The average molecular weight is 626 g/mol. The van der Waals surface area contributed by atoms with Crippen molar-refractivity contribution in [1.29, 1.82) is 0 Å². The van der Waals surface area contributed by atoms with Crippen LogP contribution in [0.5, 0.6) is 23.1 Å². The van der Waals surface area contributed by atoms with E-state index in [9.17, 15) is 27.6 Å². The molecule has 0 fully saturated rings. The SMILES string of the molecule is COC(=O)CNC(=O)COc1cc(Cl)c(-n2c(=O)[nH]c3c(OC)nc(CF)nc32)cc1OCc1c(OC)ccc(F)c1F. The lowest BCUT2D eigenvalue weighted by Gasteiger charge is -2.17. The Labute approximate surface area is 245 Å². The predicted molar refractivity (Wildman–Crippen MR) is 144 cm³/mol. The molecule has 2 aromatic carbocycles. The number of alkyl halides is 1. The van der Waals surface area contributed by atoms with Crippen molar-refractivity contribution in [1.82, 2.24) is 24.8 Å². The summed E-state index contributed by atoms with van der Waals surface area (Å²) in [6.45, 7) is -2.71. The smallest absolute Gasteiger partial charge is 0.332 e. The number of methoxy groups -OCH3 is 3. The van der Waals surface area contributed by atoms with E-state index in [1.807, 2.05) is 0 Å². The number of H-pyrrole nitrogens is 1. The second-order valence-electron chi connectivity index (χ2n) is 8.47. The number of esters is 1. The summed E-state index contributed by atoms with van der Waals surface area (Å²) in [7, 11) is 3.67. The van der Waals surface area contributed by atoms with Crippen LogP contribution >= 0.6 is 11.6 Å². The summed E-state index contributed by atoms with van der Waals surface area (Å²) in [5.74, 6) is -4.54. The third kappa shape index (κ3) is 6.58. The van der Waals surface area contributed by atoms with E-state index in [1.165, 1.54) is 32.4 Å². The Hall–Kier alpha value is -4.99. The molecule has 0 aliphatic rings. The van der Waals surface area contributed by atoms with Crippen LogP contribution in [0.25, 0.3) is 16.9 Å². The van der Waals surface area contributed by atoms with Gasteiger partial charge in [0.25, 0.3) is 5.91 Å². The van der Waals surface area contributed by atoms with Crippen molar-refractivity contribution in [2.45, 2.75) is 13.3 Å². The fourth-order valence-corrected chi connectivity index (χ4v) is 4.08. The van der Waals surface area contributed by atoms with E-state index in [0.29, 0.717) is 0 Å². The molecule has 1 amide bonds. The van der Waals surface area contributed by atoms with E-state index < -0.39 is 55.6 Å². The Morgan fingerprint density at radius 2 is 1.79 bits per heavy atom. The van der Waals surface area contributed by atoms with Gasteiger partial charge < -0.3 is 29.0 Å². The van der Waals surface area contributed by atoms with Crippen molar-refractivity contribution < 1.29 is 46.4 Å². The summed E-state index contributed by atoms with van der Waals surface area (Å²) < 4.78 is 69.1. The number of nitrogens with one attached hydrogen (secondary N) is 2. The Morgan fingerprint density at radius 3 is 2.47 bits per heavy atom. The van der Waals surface area contributed by atoms with Gasteiger partial charge in [0.15, 0.2) is 41.2 Å². The van der Waals surface area contributed by atoms with Crippen molar-refractivity contribution in [3.63, 3.8) is 0 Å². The molecule has 0 saturated heterocycles. The number of ether oxygens (including phenoxy) is 5. The zero-order valence-electron chi connectivity index (χ0n) is 22.8. The molecule has 2 heterocycles. The van der Waals surface area contributed by atoms with Gasteiger partial charge in [-0.2, -0.15) is 4.98 Å². The number of amides is 1. The molecule has 17 heteroatoms. The van der Waals surface area contributed by atoms with Crippen molar-refractivity contribution in [2.75, 3.05) is 34.5 Å². The normalized spacial score (nSPS) is 10.9. The molecule has 2 N–H and O–H groups in total. The lowest BCUT2D eigenvalue weighted by Crippen LogP contribution is -2.33. The van der Waals surface area contributed by atoms with Gasteiger partial charge in [0.2, 0.25) is 5.88 Å². The molecule has 0 bridgehead atoms. The second kappa shape index (κ2) is 13.3. The van der Waals surface area contributed by atoms with Crippen molar-refractivity contribution in [3.8, 4) is 28.8 Å². The molecule has 228 valence electrons.